The summed E-state index contributed by atoms with van der Waals surface area (Å²) in [6, 6.07) is 0.300. The van der Waals surface area contributed by atoms with Crippen LogP contribution in [0.1, 0.15) is 33.1 Å². The molecule has 1 fully saturated rings. The zero-order valence-corrected chi connectivity index (χ0v) is 11.8. The highest BCUT2D eigenvalue weighted by Crippen LogP contribution is 2.19. The van der Waals surface area contributed by atoms with Crippen molar-refractivity contribution < 1.29 is 9.53 Å². The third kappa shape index (κ3) is 4.06. The van der Waals surface area contributed by atoms with Gasteiger partial charge in [0.15, 0.2) is 0 Å². The molecule has 0 unspecified atom stereocenters. The van der Waals surface area contributed by atoms with Crippen molar-refractivity contribution in [3.05, 3.63) is 0 Å². The van der Waals surface area contributed by atoms with Crippen molar-refractivity contribution in [2.45, 2.75) is 39.2 Å². The molecule has 1 aliphatic rings. The highest BCUT2D eigenvalue weighted by molar-refractivity contribution is 9.09. The predicted octanol–water partition coefficient (Wildman–Crippen LogP) is 2.44. The van der Waals surface area contributed by atoms with Gasteiger partial charge in [0.1, 0.15) is 0 Å². The van der Waals surface area contributed by atoms with Gasteiger partial charge < -0.3 is 9.64 Å². The average molecular weight is 292 g/mol. The molecule has 0 spiro atoms. The van der Waals surface area contributed by atoms with E-state index in [0.29, 0.717) is 11.9 Å². The molecule has 94 valence electrons. The second kappa shape index (κ2) is 7.28. The van der Waals surface area contributed by atoms with Crippen LogP contribution < -0.4 is 0 Å². The normalized spacial score (nSPS) is 17.8. The highest BCUT2D eigenvalue weighted by atomic mass is 79.9. The van der Waals surface area contributed by atoms with Crippen LogP contribution in [-0.4, -0.2) is 41.9 Å². The Labute approximate surface area is 107 Å². The van der Waals surface area contributed by atoms with Gasteiger partial charge in [0.25, 0.3) is 0 Å². The Kier molecular flexibility index (Phi) is 6.36. The van der Waals surface area contributed by atoms with Gasteiger partial charge in [-0.15, -0.1) is 0 Å². The minimum Gasteiger partial charge on any atom is -0.381 e. The van der Waals surface area contributed by atoms with Crippen LogP contribution in [0.25, 0.3) is 0 Å². The number of carbonyl (C=O) groups excluding carboxylic acids is 1. The van der Waals surface area contributed by atoms with Gasteiger partial charge in [0, 0.05) is 37.0 Å². The molecule has 1 rings (SSSR count). The van der Waals surface area contributed by atoms with Gasteiger partial charge in [0.05, 0.1) is 0 Å². The van der Waals surface area contributed by atoms with E-state index >= 15 is 0 Å². The number of amides is 1. The maximum Gasteiger partial charge on any atom is 0.226 e. The third-order valence-corrected chi connectivity index (χ3v) is 3.57. The molecule has 1 saturated heterocycles. The minimum absolute atomic E-state index is 0.187. The molecule has 0 saturated carbocycles. The van der Waals surface area contributed by atoms with Crippen molar-refractivity contribution in [3.63, 3.8) is 0 Å². The van der Waals surface area contributed by atoms with Gasteiger partial charge in [-0.3, -0.25) is 4.79 Å². The zero-order chi connectivity index (χ0) is 12.0. The topological polar surface area (TPSA) is 29.5 Å². The molecule has 1 heterocycles. The molecule has 0 aromatic heterocycles. The molecule has 0 bridgehead atoms. The summed E-state index contributed by atoms with van der Waals surface area (Å²) in [5.41, 5.74) is 0. The molecule has 0 aromatic rings. The SMILES string of the molecule is CC(C)N(CCCBr)C(=O)C1CCOCC1. The summed E-state index contributed by atoms with van der Waals surface area (Å²) >= 11 is 3.41. The lowest BCUT2D eigenvalue weighted by molar-refractivity contribution is -0.140. The van der Waals surface area contributed by atoms with Crippen molar-refractivity contribution in [1.82, 2.24) is 4.90 Å². The average Bonchev–Trinajstić information content (AvgIpc) is 2.30. The van der Waals surface area contributed by atoms with E-state index in [1.54, 1.807) is 0 Å². The Hall–Kier alpha value is -0.0900. The van der Waals surface area contributed by atoms with E-state index in [0.717, 1.165) is 44.4 Å². The minimum atomic E-state index is 0.187. The largest absolute Gasteiger partial charge is 0.381 e. The smallest absolute Gasteiger partial charge is 0.226 e. The maximum absolute atomic E-state index is 12.3. The van der Waals surface area contributed by atoms with Crippen LogP contribution in [0.2, 0.25) is 0 Å². The van der Waals surface area contributed by atoms with Crippen LogP contribution in [0.5, 0.6) is 0 Å². The molecule has 0 aliphatic carbocycles. The van der Waals surface area contributed by atoms with Crippen molar-refractivity contribution in [1.29, 1.82) is 0 Å². The third-order valence-electron chi connectivity index (χ3n) is 3.01. The number of alkyl halides is 1. The van der Waals surface area contributed by atoms with E-state index in [9.17, 15) is 4.79 Å². The molecular weight excluding hydrogens is 270 g/mol. The Balaban J connectivity index is 2.51. The van der Waals surface area contributed by atoms with Crippen molar-refractivity contribution in [3.8, 4) is 0 Å². The van der Waals surface area contributed by atoms with Crippen molar-refractivity contribution in [2.24, 2.45) is 5.92 Å². The first-order valence-corrected chi connectivity index (χ1v) is 7.23. The first kappa shape index (κ1) is 14.0. The molecule has 0 atom stereocenters. The number of hydrogen-bond donors (Lipinski definition) is 0. The second-order valence-electron chi connectivity index (χ2n) is 4.55. The summed E-state index contributed by atoms with van der Waals surface area (Å²) in [4.78, 5) is 14.3. The number of nitrogens with zero attached hydrogens (tertiary/aromatic N) is 1. The summed E-state index contributed by atoms with van der Waals surface area (Å²) < 4.78 is 5.29. The van der Waals surface area contributed by atoms with E-state index in [4.69, 9.17) is 4.74 Å². The number of carbonyl (C=O) groups is 1. The molecular formula is C12H22BrNO2. The standard InChI is InChI=1S/C12H22BrNO2/c1-10(2)14(7-3-6-13)12(15)11-4-8-16-9-5-11/h10-11H,3-9H2,1-2H3. The zero-order valence-electron chi connectivity index (χ0n) is 10.2. The van der Waals surface area contributed by atoms with Crippen molar-refractivity contribution in [2.75, 3.05) is 25.1 Å². The first-order chi connectivity index (χ1) is 7.66. The van der Waals surface area contributed by atoms with Gasteiger partial charge in [-0.25, -0.2) is 0 Å². The fourth-order valence-electron chi connectivity index (χ4n) is 2.03. The molecule has 0 N–H and O–H groups in total. The number of rotatable bonds is 5. The van der Waals surface area contributed by atoms with Crippen LogP contribution in [-0.2, 0) is 9.53 Å². The maximum atomic E-state index is 12.3. The highest BCUT2D eigenvalue weighted by Gasteiger charge is 2.27. The van der Waals surface area contributed by atoms with Gasteiger partial charge in [-0.05, 0) is 33.1 Å². The summed E-state index contributed by atoms with van der Waals surface area (Å²) in [5, 5.41) is 0.956. The fourth-order valence-corrected chi connectivity index (χ4v) is 2.28. The van der Waals surface area contributed by atoms with Crippen LogP contribution in [0, 0.1) is 5.92 Å². The molecule has 0 aromatic carbocycles. The van der Waals surface area contributed by atoms with Crippen LogP contribution >= 0.6 is 15.9 Å². The second-order valence-corrected chi connectivity index (χ2v) is 5.35. The quantitative estimate of drug-likeness (QED) is 0.728. The van der Waals surface area contributed by atoms with Gasteiger partial charge in [-0.2, -0.15) is 0 Å². The van der Waals surface area contributed by atoms with E-state index in [1.807, 2.05) is 4.90 Å². The Morgan fingerprint density at radius 3 is 2.56 bits per heavy atom. The summed E-state index contributed by atoms with van der Waals surface area (Å²) in [6.07, 6.45) is 2.79. The molecule has 16 heavy (non-hydrogen) atoms. The van der Waals surface area contributed by atoms with E-state index in [-0.39, 0.29) is 5.92 Å². The van der Waals surface area contributed by atoms with E-state index in [2.05, 4.69) is 29.8 Å². The number of hydrogen-bond acceptors (Lipinski definition) is 2. The van der Waals surface area contributed by atoms with E-state index in [1.165, 1.54) is 0 Å². The van der Waals surface area contributed by atoms with Crippen LogP contribution in [0.15, 0.2) is 0 Å². The Morgan fingerprint density at radius 1 is 1.44 bits per heavy atom. The molecule has 0 radical (unpaired) electrons. The van der Waals surface area contributed by atoms with E-state index < -0.39 is 0 Å². The lowest BCUT2D eigenvalue weighted by Crippen LogP contribution is -2.43. The Bertz CT molecular complexity index is 215. The van der Waals surface area contributed by atoms with Crippen LogP contribution in [0.4, 0.5) is 0 Å². The number of ether oxygens (including phenoxy) is 1. The van der Waals surface area contributed by atoms with Gasteiger partial charge in [0.2, 0.25) is 5.91 Å². The van der Waals surface area contributed by atoms with Gasteiger partial charge >= 0.3 is 0 Å². The van der Waals surface area contributed by atoms with Crippen LogP contribution in [0.3, 0.4) is 0 Å². The lowest BCUT2D eigenvalue weighted by atomic mass is 9.98. The monoisotopic (exact) mass is 291 g/mol. The number of halogens is 1. The van der Waals surface area contributed by atoms with Crippen molar-refractivity contribution >= 4 is 21.8 Å². The van der Waals surface area contributed by atoms with Gasteiger partial charge in [-0.1, -0.05) is 15.9 Å². The molecule has 1 aliphatic heterocycles. The summed E-state index contributed by atoms with van der Waals surface area (Å²) in [6.45, 7) is 6.51. The predicted molar refractivity (Wildman–Crippen MR) is 68.8 cm³/mol. The molecule has 1 amide bonds. The summed E-state index contributed by atoms with van der Waals surface area (Å²) in [7, 11) is 0. The lowest BCUT2D eigenvalue weighted by Gasteiger charge is -2.32. The summed E-state index contributed by atoms with van der Waals surface area (Å²) in [5.74, 6) is 0.505. The fraction of sp³-hybridized carbons (Fsp3) is 0.917. The first-order valence-electron chi connectivity index (χ1n) is 6.11. The molecule has 3 nitrogen and oxygen atoms in total. The molecule has 4 heteroatoms. The Morgan fingerprint density at radius 2 is 2.06 bits per heavy atom.